The molecule has 0 bridgehead atoms. The summed E-state index contributed by atoms with van der Waals surface area (Å²) in [6.45, 7) is 1.97. The first-order valence-corrected chi connectivity index (χ1v) is 5.34. The maximum absolute atomic E-state index is 11.4. The molecule has 1 aromatic heterocycles. The van der Waals surface area contributed by atoms with Crippen LogP contribution in [0.1, 0.15) is 16.1 Å². The Hall–Kier alpha value is -2.16. The highest BCUT2D eigenvalue weighted by molar-refractivity contribution is 5.88. The Labute approximate surface area is 100 Å². The van der Waals surface area contributed by atoms with Crippen LogP contribution < -0.4 is 0 Å². The normalized spacial score (nSPS) is 10.0. The molecule has 0 atom stereocenters. The molecule has 0 aliphatic heterocycles. The maximum atomic E-state index is 11.4. The van der Waals surface area contributed by atoms with E-state index in [2.05, 4.69) is 9.72 Å². The van der Waals surface area contributed by atoms with E-state index in [9.17, 15) is 4.79 Å². The van der Waals surface area contributed by atoms with Crippen LogP contribution in [0.3, 0.4) is 0 Å². The van der Waals surface area contributed by atoms with Crippen molar-refractivity contribution in [3.05, 3.63) is 53.7 Å². The van der Waals surface area contributed by atoms with Crippen molar-refractivity contribution in [1.82, 2.24) is 4.98 Å². The molecule has 0 radical (unpaired) electrons. The van der Waals surface area contributed by atoms with E-state index < -0.39 is 5.97 Å². The lowest BCUT2D eigenvalue weighted by atomic mass is 10.1. The van der Waals surface area contributed by atoms with Gasteiger partial charge in [-0.05, 0) is 18.6 Å². The average molecular weight is 227 g/mol. The largest absolute Gasteiger partial charge is 0.464 e. The minimum atomic E-state index is -0.415. The van der Waals surface area contributed by atoms with Gasteiger partial charge in [-0.1, -0.05) is 36.4 Å². The van der Waals surface area contributed by atoms with Crippen molar-refractivity contribution < 1.29 is 9.53 Å². The molecule has 0 aliphatic carbocycles. The van der Waals surface area contributed by atoms with Crippen LogP contribution in [0.25, 0.3) is 11.3 Å². The summed E-state index contributed by atoms with van der Waals surface area (Å²) in [4.78, 5) is 15.8. The lowest BCUT2D eigenvalue weighted by Gasteiger charge is -2.06. The lowest BCUT2D eigenvalue weighted by molar-refractivity contribution is 0.0594. The molecule has 1 heterocycles. The molecule has 0 unspecified atom stereocenters. The zero-order valence-electron chi connectivity index (χ0n) is 9.81. The highest BCUT2D eigenvalue weighted by Gasteiger charge is 2.10. The third-order valence-electron chi connectivity index (χ3n) is 2.54. The average Bonchev–Trinajstić information content (AvgIpc) is 2.39. The van der Waals surface area contributed by atoms with Crippen molar-refractivity contribution in [3.63, 3.8) is 0 Å². The van der Waals surface area contributed by atoms with E-state index >= 15 is 0 Å². The first kappa shape index (κ1) is 11.3. The van der Waals surface area contributed by atoms with E-state index in [4.69, 9.17) is 0 Å². The predicted octanol–water partition coefficient (Wildman–Crippen LogP) is 2.84. The van der Waals surface area contributed by atoms with Crippen LogP contribution in [0.4, 0.5) is 0 Å². The molecular weight excluding hydrogens is 214 g/mol. The summed E-state index contributed by atoms with van der Waals surface area (Å²) in [7, 11) is 1.35. The second-order valence-corrected chi connectivity index (χ2v) is 3.72. The number of aryl methyl sites for hydroxylation is 1. The molecule has 0 saturated heterocycles. The Bertz CT molecular complexity index is 535. The lowest BCUT2D eigenvalue weighted by Crippen LogP contribution is -2.05. The number of benzene rings is 1. The van der Waals surface area contributed by atoms with Gasteiger partial charge in [0.15, 0.2) is 0 Å². The molecular formula is C14H13NO2. The van der Waals surface area contributed by atoms with Crippen LogP contribution in [-0.2, 0) is 4.74 Å². The van der Waals surface area contributed by atoms with Crippen LogP contribution in [0.15, 0.2) is 42.5 Å². The molecule has 0 aliphatic rings. The maximum Gasteiger partial charge on any atom is 0.356 e. The molecule has 2 aromatic rings. The van der Waals surface area contributed by atoms with Crippen LogP contribution in [-0.4, -0.2) is 18.1 Å². The summed E-state index contributed by atoms with van der Waals surface area (Å²) >= 11 is 0. The Morgan fingerprint density at radius 2 is 1.82 bits per heavy atom. The zero-order chi connectivity index (χ0) is 12.3. The van der Waals surface area contributed by atoms with Crippen LogP contribution in [0, 0.1) is 6.92 Å². The number of nitrogens with zero attached hydrogens (tertiary/aromatic N) is 1. The summed E-state index contributed by atoms with van der Waals surface area (Å²) in [6.07, 6.45) is 0. The third-order valence-corrected chi connectivity index (χ3v) is 2.54. The second kappa shape index (κ2) is 4.78. The number of esters is 1. The van der Waals surface area contributed by atoms with E-state index in [1.54, 1.807) is 6.07 Å². The molecule has 0 N–H and O–H groups in total. The van der Waals surface area contributed by atoms with Crippen molar-refractivity contribution in [1.29, 1.82) is 0 Å². The van der Waals surface area contributed by atoms with Crippen molar-refractivity contribution >= 4 is 5.97 Å². The molecule has 2 rings (SSSR count). The Morgan fingerprint density at radius 3 is 2.47 bits per heavy atom. The SMILES string of the molecule is COC(=O)c1ccc(C)c(-c2ccccc2)n1. The molecule has 17 heavy (non-hydrogen) atoms. The fourth-order valence-corrected chi connectivity index (χ4v) is 1.64. The molecule has 3 nitrogen and oxygen atoms in total. The minimum Gasteiger partial charge on any atom is -0.464 e. The predicted molar refractivity (Wildman–Crippen MR) is 65.7 cm³/mol. The molecule has 0 fully saturated rings. The molecule has 0 amide bonds. The van der Waals surface area contributed by atoms with Gasteiger partial charge in [0.1, 0.15) is 5.69 Å². The number of hydrogen-bond donors (Lipinski definition) is 0. The van der Waals surface area contributed by atoms with E-state index in [0.717, 1.165) is 16.8 Å². The summed E-state index contributed by atoms with van der Waals surface area (Å²) < 4.78 is 4.67. The number of carbonyl (C=O) groups is 1. The van der Waals surface area contributed by atoms with Crippen LogP contribution in [0.5, 0.6) is 0 Å². The van der Waals surface area contributed by atoms with Gasteiger partial charge in [0.25, 0.3) is 0 Å². The number of rotatable bonds is 2. The fourth-order valence-electron chi connectivity index (χ4n) is 1.64. The standard InChI is InChI=1S/C14H13NO2/c1-10-8-9-12(14(16)17-2)15-13(10)11-6-4-3-5-7-11/h3-9H,1-2H3. The summed E-state index contributed by atoms with van der Waals surface area (Å²) in [5.41, 5.74) is 3.17. The van der Waals surface area contributed by atoms with Gasteiger partial charge in [-0.3, -0.25) is 0 Å². The van der Waals surface area contributed by atoms with E-state index in [-0.39, 0.29) is 0 Å². The zero-order valence-corrected chi connectivity index (χ0v) is 9.81. The van der Waals surface area contributed by atoms with E-state index in [1.807, 2.05) is 43.3 Å². The smallest absolute Gasteiger partial charge is 0.356 e. The monoisotopic (exact) mass is 227 g/mol. The topological polar surface area (TPSA) is 39.2 Å². The second-order valence-electron chi connectivity index (χ2n) is 3.72. The number of aromatic nitrogens is 1. The van der Waals surface area contributed by atoms with Crippen molar-refractivity contribution in [2.24, 2.45) is 0 Å². The Morgan fingerprint density at radius 1 is 1.12 bits per heavy atom. The highest BCUT2D eigenvalue weighted by atomic mass is 16.5. The number of methoxy groups -OCH3 is 1. The Balaban J connectivity index is 2.50. The molecule has 3 heteroatoms. The summed E-state index contributed by atoms with van der Waals surface area (Å²) in [5, 5.41) is 0. The van der Waals surface area contributed by atoms with Crippen LogP contribution in [0.2, 0.25) is 0 Å². The molecule has 0 saturated carbocycles. The minimum absolute atomic E-state index is 0.331. The van der Waals surface area contributed by atoms with Gasteiger partial charge in [-0.15, -0.1) is 0 Å². The first-order chi connectivity index (χ1) is 8.22. The summed E-state index contributed by atoms with van der Waals surface area (Å²) in [6, 6.07) is 13.3. The number of carbonyl (C=O) groups excluding carboxylic acids is 1. The van der Waals surface area contributed by atoms with Gasteiger partial charge in [-0.25, -0.2) is 9.78 Å². The van der Waals surface area contributed by atoms with E-state index in [1.165, 1.54) is 7.11 Å². The third kappa shape index (κ3) is 2.33. The number of ether oxygens (including phenoxy) is 1. The molecule has 1 aromatic carbocycles. The molecule has 86 valence electrons. The van der Waals surface area contributed by atoms with Crippen molar-refractivity contribution in [2.45, 2.75) is 6.92 Å². The fraction of sp³-hybridized carbons (Fsp3) is 0.143. The van der Waals surface area contributed by atoms with Crippen molar-refractivity contribution in [3.8, 4) is 11.3 Å². The first-order valence-electron chi connectivity index (χ1n) is 5.34. The van der Waals surface area contributed by atoms with Crippen molar-refractivity contribution in [2.75, 3.05) is 7.11 Å². The Kier molecular flexibility index (Phi) is 3.19. The highest BCUT2D eigenvalue weighted by Crippen LogP contribution is 2.21. The van der Waals surface area contributed by atoms with Gasteiger partial charge in [-0.2, -0.15) is 0 Å². The van der Waals surface area contributed by atoms with Gasteiger partial charge in [0.2, 0.25) is 0 Å². The van der Waals surface area contributed by atoms with Crippen LogP contribution >= 0.6 is 0 Å². The number of pyridine rings is 1. The quantitative estimate of drug-likeness (QED) is 0.740. The van der Waals surface area contributed by atoms with Gasteiger partial charge < -0.3 is 4.74 Å². The van der Waals surface area contributed by atoms with Gasteiger partial charge >= 0.3 is 5.97 Å². The van der Waals surface area contributed by atoms with Gasteiger partial charge in [0.05, 0.1) is 12.8 Å². The van der Waals surface area contributed by atoms with E-state index in [0.29, 0.717) is 5.69 Å². The number of hydrogen-bond acceptors (Lipinski definition) is 3. The summed E-state index contributed by atoms with van der Waals surface area (Å²) in [5.74, 6) is -0.415. The van der Waals surface area contributed by atoms with Gasteiger partial charge in [0, 0.05) is 5.56 Å². The molecule has 0 spiro atoms.